The second-order valence-corrected chi connectivity index (χ2v) is 6.97. The van der Waals surface area contributed by atoms with Gasteiger partial charge in [-0.25, -0.2) is 0 Å². The van der Waals surface area contributed by atoms with Crippen LogP contribution in [0.4, 0.5) is 5.69 Å². The van der Waals surface area contributed by atoms with E-state index < -0.39 is 6.04 Å². The standard InChI is InChI=1S/C17H27N3O/c1-17(2,3)15(18)16(21)19-13-8-7-11-20(12-13)14-9-5-4-6-10-14/h4-6,9-10,13,15H,7-8,11-12,18H2,1-3H3,(H,19,21)/t13?,15-/m1/s1. The summed E-state index contributed by atoms with van der Waals surface area (Å²) in [6.45, 7) is 7.88. The summed E-state index contributed by atoms with van der Waals surface area (Å²) in [4.78, 5) is 14.6. The van der Waals surface area contributed by atoms with Crippen molar-refractivity contribution in [1.29, 1.82) is 0 Å². The number of nitrogens with two attached hydrogens (primary N) is 1. The Kier molecular flexibility index (Phi) is 4.88. The first-order valence-corrected chi connectivity index (χ1v) is 7.74. The van der Waals surface area contributed by atoms with Crippen LogP contribution >= 0.6 is 0 Å². The zero-order valence-corrected chi connectivity index (χ0v) is 13.3. The van der Waals surface area contributed by atoms with E-state index in [0.717, 1.165) is 25.9 Å². The molecule has 0 spiro atoms. The van der Waals surface area contributed by atoms with Crippen LogP contribution in [0.25, 0.3) is 0 Å². The number of anilines is 1. The van der Waals surface area contributed by atoms with Gasteiger partial charge in [-0.15, -0.1) is 0 Å². The molecule has 1 amide bonds. The number of benzene rings is 1. The van der Waals surface area contributed by atoms with Crippen LogP contribution in [0.5, 0.6) is 0 Å². The van der Waals surface area contributed by atoms with Crippen molar-refractivity contribution in [2.75, 3.05) is 18.0 Å². The summed E-state index contributed by atoms with van der Waals surface area (Å²) in [5.74, 6) is -0.0394. The molecule has 1 saturated heterocycles. The lowest BCUT2D eigenvalue weighted by atomic mass is 9.86. The largest absolute Gasteiger partial charge is 0.369 e. The van der Waals surface area contributed by atoms with Gasteiger partial charge in [0.1, 0.15) is 0 Å². The fourth-order valence-corrected chi connectivity index (χ4v) is 2.65. The van der Waals surface area contributed by atoms with Gasteiger partial charge >= 0.3 is 0 Å². The Bertz CT molecular complexity index is 467. The maximum atomic E-state index is 12.2. The highest BCUT2D eigenvalue weighted by Gasteiger charge is 2.30. The van der Waals surface area contributed by atoms with Gasteiger partial charge in [0.05, 0.1) is 6.04 Å². The summed E-state index contributed by atoms with van der Waals surface area (Å²) in [7, 11) is 0. The highest BCUT2D eigenvalue weighted by atomic mass is 16.2. The van der Waals surface area contributed by atoms with Crippen molar-refractivity contribution in [2.45, 2.75) is 45.7 Å². The van der Waals surface area contributed by atoms with E-state index in [1.54, 1.807) is 0 Å². The second kappa shape index (κ2) is 6.48. The number of para-hydroxylation sites is 1. The maximum Gasteiger partial charge on any atom is 0.237 e. The minimum absolute atomic E-state index is 0.0394. The molecule has 0 radical (unpaired) electrons. The molecule has 1 aliphatic rings. The summed E-state index contributed by atoms with van der Waals surface area (Å²) in [5, 5.41) is 3.12. The number of piperidine rings is 1. The van der Waals surface area contributed by atoms with Crippen molar-refractivity contribution in [1.82, 2.24) is 5.32 Å². The summed E-state index contributed by atoms with van der Waals surface area (Å²) in [6, 6.07) is 10.1. The van der Waals surface area contributed by atoms with Gasteiger partial charge in [0.15, 0.2) is 0 Å². The normalized spacial score (nSPS) is 21.0. The van der Waals surface area contributed by atoms with E-state index in [4.69, 9.17) is 5.73 Å². The Hall–Kier alpha value is -1.55. The van der Waals surface area contributed by atoms with Gasteiger partial charge in [-0.2, -0.15) is 0 Å². The van der Waals surface area contributed by atoms with Gasteiger partial charge < -0.3 is 16.0 Å². The molecule has 4 nitrogen and oxygen atoms in total. The van der Waals surface area contributed by atoms with Crippen LogP contribution < -0.4 is 16.0 Å². The van der Waals surface area contributed by atoms with Crippen molar-refractivity contribution in [3.8, 4) is 0 Å². The van der Waals surface area contributed by atoms with Crippen molar-refractivity contribution < 1.29 is 4.79 Å². The molecule has 0 aromatic heterocycles. The number of nitrogens with one attached hydrogen (secondary N) is 1. The Balaban J connectivity index is 1.94. The molecule has 0 aliphatic carbocycles. The number of rotatable bonds is 3. The Morgan fingerprint density at radius 2 is 2.00 bits per heavy atom. The van der Waals surface area contributed by atoms with E-state index >= 15 is 0 Å². The number of carbonyl (C=O) groups excluding carboxylic acids is 1. The number of carbonyl (C=O) groups is 1. The molecule has 1 aliphatic heterocycles. The molecule has 0 saturated carbocycles. The summed E-state index contributed by atoms with van der Waals surface area (Å²) in [6.07, 6.45) is 2.11. The van der Waals surface area contributed by atoms with Gasteiger partial charge in [-0.1, -0.05) is 39.0 Å². The molecular formula is C17H27N3O. The number of hydrogen-bond donors (Lipinski definition) is 2. The molecule has 1 unspecified atom stereocenters. The number of amides is 1. The van der Waals surface area contributed by atoms with E-state index in [-0.39, 0.29) is 17.4 Å². The average molecular weight is 289 g/mol. The molecule has 4 heteroatoms. The third-order valence-electron chi connectivity index (χ3n) is 4.10. The van der Waals surface area contributed by atoms with Gasteiger partial charge in [0.2, 0.25) is 5.91 Å². The second-order valence-electron chi connectivity index (χ2n) is 6.97. The fraction of sp³-hybridized carbons (Fsp3) is 0.588. The lowest BCUT2D eigenvalue weighted by molar-refractivity contribution is -0.125. The summed E-state index contributed by atoms with van der Waals surface area (Å²) in [5.41, 5.74) is 7.04. The van der Waals surface area contributed by atoms with E-state index in [0.29, 0.717) is 0 Å². The number of hydrogen-bond acceptors (Lipinski definition) is 3. The zero-order chi connectivity index (χ0) is 15.5. The van der Waals surface area contributed by atoms with Crippen LogP contribution in [-0.4, -0.2) is 31.1 Å². The Morgan fingerprint density at radius 1 is 1.33 bits per heavy atom. The molecule has 1 heterocycles. The first-order chi connectivity index (χ1) is 9.88. The third-order valence-corrected chi connectivity index (χ3v) is 4.10. The van der Waals surface area contributed by atoms with Crippen molar-refractivity contribution in [3.63, 3.8) is 0 Å². The highest BCUT2D eigenvalue weighted by molar-refractivity contribution is 5.82. The van der Waals surface area contributed by atoms with Crippen LogP contribution in [0, 0.1) is 5.41 Å². The smallest absolute Gasteiger partial charge is 0.237 e. The Morgan fingerprint density at radius 3 is 2.62 bits per heavy atom. The quantitative estimate of drug-likeness (QED) is 0.896. The molecule has 2 rings (SSSR count). The minimum Gasteiger partial charge on any atom is -0.369 e. The van der Waals surface area contributed by atoms with Crippen molar-refractivity contribution in [2.24, 2.45) is 11.1 Å². The molecule has 1 aromatic rings. The third kappa shape index (κ3) is 4.21. The lowest BCUT2D eigenvalue weighted by Gasteiger charge is -2.36. The van der Waals surface area contributed by atoms with Gasteiger partial charge in [0, 0.05) is 24.8 Å². The van der Waals surface area contributed by atoms with Gasteiger partial charge in [-0.05, 0) is 30.4 Å². The van der Waals surface area contributed by atoms with Crippen LogP contribution in [-0.2, 0) is 4.79 Å². The van der Waals surface area contributed by atoms with Crippen LogP contribution in [0.2, 0.25) is 0 Å². The molecule has 2 atom stereocenters. The van der Waals surface area contributed by atoms with Gasteiger partial charge in [-0.3, -0.25) is 4.79 Å². The van der Waals surface area contributed by atoms with Crippen LogP contribution in [0.15, 0.2) is 30.3 Å². The van der Waals surface area contributed by atoms with Crippen LogP contribution in [0.3, 0.4) is 0 Å². The maximum absolute atomic E-state index is 12.2. The summed E-state index contributed by atoms with van der Waals surface area (Å²) < 4.78 is 0. The molecular weight excluding hydrogens is 262 g/mol. The zero-order valence-electron chi connectivity index (χ0n) is 13.3. The van der Waals surface area contributed by atoms with Crippen LogP contribution in [0.1, 0.15) is 33.6 Å². The van der Waals surface area contributed by atoms with Crippen molar-refractivity contribution >= 4 is 11.6 Å². The topological polar surface area (TPSA) is 58.4 Å². The lowest BCUT2D eigenvalue weighted by Crippen LogP contribution is -2.55. The first kappa shape index (κ1) is 15.8. The van der Waals surface area contributed by atoms with E-state index in [1.807, 2.05) is 39.0 Å². The SMILES string of the molecule is CC(C)(C)[C@H](N)C(=O)NC1CCCN(c2ccccc2)C1. The summed E-state index contributed by atoms with van der Waals surface area (Å²) >= 11 is 0. The van der Waals surface area contributed by atoms with E-state index in [9.17, 15) is 4.79 Å². The first-order valence-electron chi connectivity index (χ1n) is 7.74. The predicted molar refractivity (Wildman–Crippen MR) is 87.3 cm³/mol. The van der Waals surface area contributed by atoms with Crippen molar-refractivity contribution in [3.05, 3.63) is 30.3 Å². The fourth-order valence-electron chi connectivity index (χ4n) is 2.65. The molecule has 21 heavy (non-hydrogen) atoms. The molecule has 1 aromatic carbocycles. The Labute approximate surface area is 127 Å². The van der Waals surface area contributed by atoms with E-state index in [2.05, 4.69) is 22.3 Å². The average Bonchev–Trinajstić information content (AvgIpc) is 2.46. The molecule has 0 bridgehead atoms. The monoisotopic (exact) mass is 289 g/mol. The highest BCUT2D eigenvalue weighted by Crippen LogP contribution is 2.21. The predicted octanol–water partition coefficient (Wildman–Crippen LogP) is 2.14. The molecule has 1 fully saturated rings. The van der Waals surface area contributed by atoms with E-state index in [1.165, 1.54) is 5.69 Å². The molecule has 116 valence electrons. The molecule has 3 N–H and O–H groups in total. The minimum atomic E-state index is -0.468. The van der Waals surface area contributed by atoms with Gasteiger partial charge in [0.25, 0.3) is 0 Å². The number of nitrogens with zero attached hydrogens (tertiary/aromatic N) is 1.